The van der Waals surface area contributed by atoms with Crippen LogP contribution < -0.4 is 0 Å². The maximum absolute atomic E-state index is 5.97. The van der Waals surface area contributed by atoms with E-state index in [0.29, 0.717) is 11.8 Å². The SMILES string of the molecule is ClCC1CCCOC1c1cccc(Cl)c1. The van der Waals surface area contributed by atoms with Gasteiger partial charge in [-0.05, 0) is 30.5 Å². The van der Waals surface area contributed by atoms with Crippen LogP contribution in [0.4, 0.5) is 0 Å². The summed E-state index contributed by atoms with van der Waals surface area (Å²) < 4.78 is 5.78. The van der Waals surface area contributed by atoms with Gasteiger partial charge >= 0.3 is 0 Å². The molecule has 1 nitrogen and oxygen atoms in total. The number of benzene rings is 1. The highest BCUT2D eigenvalue weighted by molar-refractivity contribution is 6.30. The van der Waals surface area contributed by atoms with Crippen molar-refractivity contribution in [3.05, 3.63) is 34.9 Å². The van der Waals surface area contributed by atoms with Crippen molar-refractivity contribution in [3.63, 3.8) is 0 Å². The molecule has 0 saturated carbocycles. The fourth-order valence-corrected chi connectivity index (χ4v) is 2.57. The predicted molar refractivity (Wildman–Crippen MR) is 63.6 cm³/mol. The van der Waals surface area contributed by atoms with Crippen molar-refractivity contribution < 1.29 is 4.74 Å². The Morgan fingerprint density at radius 3 is 3.00 bits per heavy atom. The second-order valence-electron chi connectivity index (χ2n) is 3.90. The van der Waals surface area contributed by atoms with Gasteiger partial charge in [-0.25, -0.2) is 0 Å². The Kier molecular flexibility index (Phi) is 3.90. The first-order chi connectivity index (χ1) is 7.31. The van der Waals surface area contributed by atoms with E-state index in [1.165, 1.54) is 0 Å². The summed E-state index contributed by atoms with van der Waals surface area (Å²) in [5.41, 5.74) is 1.15. The van der Waals surface area contributed by atoms with E-state index in [2.05, 4.69) is 6.07 Å². The molecule has 0 spiro atoms. The van der Waals surface area contributed by atoms with Gasteiger partial charge in [-0.1, -0.05) is 23.7 Å². The number of ether oxygens (including phenoxy) is 1. The van der Waals surface area contributed by atoms with Gasteiger partial charge < -0.3 is 4.74 Å². The molecule has 1 heterocycles. The molecule has 0 N–H and O–H groups in total. The molecule has 1 aromatic rings. The van der Waals surface area contributed by atoms with E-state index in [9.17, 15) is 0 Å². The van der Waals surface area contributed by atoms with Crippen molar-refractivity contribution in [2.24, 2.45) is 5.92 Å². The molecule has 0 bridgehead atoms. The van der Waals surface area contributed by atoms with Gasteiger partial charge in [-0.2, -0.15) is 0 Å². The second-order valence-corrected chi connectivity index (χ2v) is 4.65. The quantitative estimate of drug-likeness (QED) is 0.714. The Hall–Kier alpha value is -0.240. The number of halogens is 2. The number of alkyl halides is 1. The number of hydrogen-bond donors (Lipinski definition) is 0. The predicted octanol–water partition coefficient (Wildman–Crippen LogP) is 4.05. The van der Waals surface area contributed by atoms with Crippen molar-refractivity contribution in [2.75, 3.05) is 12.5 Å². The molecule has 15 heavy (non-hydrogen) atoms. The first kappa shape index (κ1) is 11.3. The van der Waals surface area contributed by atoms with Crippen LogP contribution in [0.5, 0.6) is 0 Å². The van der Waals surface area contributed by atoms with Gasteiger partial charge in [0.2, 0.25) is 0 Å². The average molecular weight is 245 g/mol. The first-order valence-corrected chi connectivity index (χ1v) is 6.15. The first-order valence-electron chi connectivity index (χ1n) is 5.24. The lowest BCUT2D eigenvalue weighted by molar-refractivity contribution is -0.0208. The van der Waals surface area contributed by atoms with Crippen LogP contribution in [0.1, 0.15) is 24.5 Å². The van der Waals surface area contributed by atoms with Gasteiger partial charge in [0, 0.05) is 23.4 Å². The Balaban J connectivity index is 2.20. The molecule has 0 aliphatic carbocycles. The highest BCUT2D eigenvalue weighted by Crippen LogP contribution is 2.35. The van der Waals surface area contributed by atoms with Gasteiger partial charge in [0.05, 0.1) is 6.10 Å². The standard InChI is InChI=1S/C12H14Cl2O/c13-8-10-4-2-6-15-12(10)9-3-1-5-11(14)7-9/h1,3,5,7,10,12H,2,4,6,8H2. The summed E-state index contributed by atoms with van der Waals surface area (Å²) in [7, 11) is 0. The lowest BCUT2D eigenvalue weighted by Crippen LogP contribution is -2.23. The zero-order chi connectivity index (χ0) is 10.7. The molecule has 0 amide bonds. The maximum Gasteiger partial charge on any atom is 0.0864 e. The van der Waals surface area contributed by atoms with Crippen molar-refractivity contribution >= 4 is 23.2 Å². The van der Waals surface area contributed by atoms with Crippen LogP contribution in [0, 0.1) is 5.92 Å². The van der Waals surface area contributed by atoms with E-state index in [0.717, 1.165) is 30.0 Å². The zero-order valence-corrected chi connectivity index (χ0v) is 9.97. The molecule has 0 radical (unpaired) electrons. The Morgan fingerprint density at radius 1 is 1.40 bits per heavy atom. The largest absolute Gasteiger partial charge is 0.373 e. The molecule has 2 rings (SSSR count). The molecule has 2 atom stereocenters. The Labute approximate surface area is 100 Å². The van der Waals surface area contributed by atoms with Gasteiger partial charge in [-0.3, -0.25) is 0 Å². The monoisotopic (exact) mass is 244 g/mol. The molecule has 2 unspecified atom stereocenters. The zero-order valence-electron chi connectivity index (χ0n) is 8.46. The van der Waals surface area contributed by atoms with Crippen LogP contribution in [0.2, 0.25) is 5.02 Å². The maximum atomic E-state index is 5.97. The van der Waals surface area contributed by atoms with Crippen LogP contribution in [-0.2, 0) is 4.74 Å². The van der Waals surface area contributed by atoms with Crippen LogP contribution >= 0.6 is 23.2 Å². The summed E-state index contributed by atoms with van der Waals surface area (Å²) in [6.45, 7) is 0.824. The molecule has 3 heteroatoms. The summed E-state index contributed by atoms with van der Waals surface area (Å²) in [5, 5.41) is 0.759. The molecular formula is C12H14Cl2O. The molecule has 1 aliphatic rings. The van der Waals surface area contributed by atoms with Crippen LogP contribution in [0.25, 0.3) is 0 Å². The third-order valence-corrected chi connectivity index (χ3v) is 3.45. The van der Waals surface area contributed by atoms with E-state index in [1.807, 2.05) is 18.2 Å². The average Bonchev–Trinajstić information content (AvgIpc) is 2.29. The molecule has 82 valence electrons. The van der Waals surface area contributed by atoms with Crippen LogP contribution in [0.15, 0.2) is 24.3 Å². The topological polar surface area (TPSA) is 9.23 Å². The van der Waals surface area contributed by atoms with E-state index in [-0.39, 0.29) is 6.10 Å². The summed E-state index contributed by atoms with van der Waals surface area (Å²) in [5.74, 6) is 1.07. The van der Waals surface area contributed by atoms with Gasteiger partial charge in [-0.15, -0.1) is 11.6 Å². The molecule has 1 saturated heterocycles. The number of rotatable bonds is 2. The summed E-state index contributed by atoms with van der Waals surface area (Å²) in [6.07, 6.45) is 2.37. The molecular weight excluding hydrogens is 231 g/mol. The minimum atomic E-state index is 0.120. The van der Waals surface area contributed by atoms with E-state index >= 15 is 0 Å². The van der Waals surface area contributed by atoms with Crippen molar-refractivity contribution in [1.29, 1.82) is 0 Å². The minimum absolute atomic E-state index is 0.120. The normalized spacial score (nSPS) is 26.5. The highest BCUT2D eigenvalue weighted by Gasteiger charge is 2.26. The van der Waals surface area contributed by atoms with Crippen LogP contribution in [-0.4, -0.2) is 12.5 Å². The molecule has 0 aromatic heterocycles. The lowest BCUT2D eigenvalue weighted by Gasteiger charge is -2.30. The van der Waals surface area contributed by atoms with E-state index in [1.54, 1.807) is 0 Å². The van der Waals surface area contributed by atoms with Crippen molar-refractivity contribution in [1.82, 2.24) is 0 Å². The lowest BCUT2D eigenvalue weighted by atomic mass is 9.91. The van der Waals surface area contributed by atoms with Gasteiger partial charge in [0.25, 0.3) is 0 Å². The van der Waals surface area contributed by atoms with Gasteiger partial charge in [0.15, 0.2) is 0 Å². The summed E-state index contributed by atoms with van der Waals surface area (Å²) >= 11 is 11.9. The van der Waals surface area contributed by atoms with E-state index in [4.69, 9.17) is 27.9 Å². The van der Waals surface area contributed by atoms with Crippen molar-refractivity contribution in [3.8, 4) is 0 Å². The number of hydrogen-bond acceptors (Lipinski definition) is 1. The summed E-state index contributed by atoms with van der Waals surface area (Å²) in [4.78, 5) is 0. The molecule has 1 aromatic carbocycles. The minimum Gasteiger partial charge on any atom is -0.373 e. The Morgan fingerprint density at radius 2 is 2.27 bits per heavy atom. The third kappa shape index (κ3) is 2.66. The fourth-order valence-electron chi connectivity index (χ4n) is 2.05. The summed E-state index contributed by atoms with van der Waals surface area (Å²) in [6, 6.07) is 7.86. The van der Waals surface area contributed by atoms with E-state index < -0.39 is 0 Å². The second kappa shape index (κ2) is 5.20. The molecule has 1 aliphatic heterocycles. The van der Waals surface area contributed by atoms with Gasteiger partial charge in [0.1, 0.15) is 0 Å². The fraction of sp³-hybridized carbons (Fsp3) is 0.500. The smallest absolute Gasteiger partial charge is 0.0864 e. The Bertz CT molecular complexity index is 327. The van der Waals surface area contributed by atoms with Crippen molar-refractivity contribution in [2.45, 2.75) is 18.9 Å². The third-order valence-electron chi connectivity index (χ3n) is 2.82. The highest BCUT2D eigenvalue weighted by atomic mass is 35.5. The molecule has 1 fully saturated rings. The van der Waals surface area contributed by atoms with Crippen LogP contribution in [0.3, 0.4) is 0 Å².